The molecule has 0 heterocycles. The minimum Gasteiger partial charge on any atom is -0.391 e. The predicted molar refractivity (Wildman–Crippen MR) is 162 cm³/mol. The highest BCUT2D eigenvalue weighted by atomic mass is 31.2. The van der Waals surface area contributed by atoms with Gasteiger partial charge in [-0.05, 0) is 12.8 Å². The summed E-state index contributed by atoms with van der Waals surface area (Å²) in [6.45, 7) is 4.69. The van der Waals surface area contributed by atoms with Gasteiger partial charge in [0.25, 0.3) is 0 Å². The minimum absolute atomic E-state index is 0.0763. The van der Waals surface area contributed by atoms with Crippen LogP contribution in [0.1, 0.15) is 136 Å². The molecule has 0 aliphatic carbocycles. The number of nitrogens with one attached hydrogen (secondary N) is 1. The minimum atomic E-state index is -4.28. The molecule has 0 aliphatic rings. The maximum Gasteiger partial charge on any atom is 0.472 e. The Hall–Kier alpha value is -0.500. The summed E-state index contributed by atoms with van der Waals surface area (Å²) in [6.07, 6.45) is 20.5. The van der Waals surface area contributed by atoms with E-state index in [1.807, 2.05) is 21.1 Å². The van der Waals surface area contributed by atoms with Gasteiger partial charge in [0.15, 0.2) is 0 Å². The summed E-state index contributed by atoms with van der Waals surface area (Å²) in [5.74, 6) is -0.171. The fraction of sp³-hybridized carbons (Fsp3) is 0.967. The lowest BCUT2D eigenvalue weighted by Gasteiger charge is -2.26. The van der Waals surface area contributed by atoms with Crippen molar-refractivity contribution in [2.45, 2.75) is 148 Å². The molecule has 0 radical (unpaired) electrons. The number of unbranched alkanes of at least 4 members (excludes halogenated alkanes) is 15. The van der Waals surface area contributed by atoms with Gasteiger partial charge in [0, 0.05) is 6.42 Å². The van der Waals surface area contributed by atoms with E-state index in [4.69, 9.17) is 9.05 Å². The van der Waals surface area contributed by atoms with Crippen LogP contribution in [0.15, 0.2) is 0 Å². The third-order valence-electron chi connectivity index (χ3n) is 7.11. The van der Waals surface area contributed by atoms with E-state index in [1.165, 1.54) is 70.6 Å². The predicted octanol–water partition coefficient (Wildman–Crippen LogP) is 7.12. The number of amides is 1. The van der Waals surface area contributed by atoms with Crippen LogP contribution in [0.3, 0.4) is 0 Å². The summed E-state index contributed by atoms with van der Waals surface area (Å²) in [4.78, 5) is 22.5. The number of likely N-dealkylation sites (N-methyl/N-ethyl adjacent to an activating group) is 1. The average molecular weight is 580 g/mol. The molecule has 0 saturated heterocycles. The van der Waals surface area contributed by atoms with E-state index in [1.54, 1.807) is 0 Å². The first-order chi connectivity index (χ1) is 18.5. The fourth-order valence-corrected chi connectivity index (χ4v) is 5.19. The zero-order valence-electron chi connectivity index (χ0n) is 26.1. The molecular weight excluding hydrogens is 515 g/mol. The van der Waals surface area contributed by atoms with Gasteiger partial charge >= 0.3 is 7.82 Å². The second-order valence-electron chi connectivity index (χ2n) is 12.2. The van der Waals surface area contributed by atoms with Gasteiger partial charge in [-0.25, -0.2) is 4.57 Å². The number of nitrogens with zero attached hydrogens (tertiary/aromatic N) is 1. The molecule has 0 aromatic heterocycles. The van der Waals surface area contributed by atoms with E-state index in [2.05, 4.69) is 19.2 Å². The summed E-state index contributed by atoms with van der Waals surface area (Å²) in [6, 6.07) is -0.747. The molecule has 1 amide bonds. The molecule has 0 aromatic rings. The second kappa shape index (κ2) is 24.1. The monoisotopic (exact) mass is 579 g/mol. The lowest BCUT2D eigenvalue weighted by Crippen LogP contribution is -2.46. The largest absolute Gasteiger partial charge is 0.472 e. The zero-order valence-corrected chi connectivity index (χ0v) is 27.0. The molecule has 0 fully saturated rings. The van der Waals surface area contributed by atoms with Crippen LogP contribution in [0.4, 0.5) is 0 Å². The van der Waals surface area contributed by atoms with Crippen LogP contribution >= 0.6 is 7.82 Å². The van der Waals surface area contributed by atoms with Crippen molar-refractivity contribution in [3.05, 3.63) is 0 Å². The van der Waals surface area contributed by atoms with Crippen molar-refractivity contribution in [3.63, 3.8) is 0 Å². The number of carbonyl (C=O) groups excluding carboxylic acids is 1. The molecule has 0 spiro atoms. The number of carbonyl (C=O) groups is 1. The van der Waals surface area contributed by atoms with E-state index >= 15 is 0 Å². The van der Waals surface area contributed by atoms with E-state index in [9.17, 15) is 19.4 Å². The van der Waals surface area contributed by atoms with Crippen LogP contribution in [0.2, 0.25) is 0 Å². The number of hydrogen-bond acceptors (Lipinski definition) is 5. The number of phosphoric acid groups is 1. The average Bonchev–Trinajstić information content (AvgIpc) is 2.85. The normalized spacial score (nSPS) is 15.2. The molecule has 39 heavy (non-hydrogen) atoms. The van der Waals surface area contributed by atoms with Crippen molar-refractivity contribution in [2.24, 2.45) is 0 Å². The number of aliphatic hydroxyl groups excluding tert-OH is 1. The Labute approximate surface area is 240 Å². The highest BCUT2D eigenvalue weighted by Crippen LogP contribution is 2.43. The van der Waals surface area contributed by atoms with Gasteiger partial charge in [0.2, 0.25) is 5.91 Å². The third kappa shape index (κ3) is 26.2. The highest BCUT2D eigenvalue weighted by Gasteiger charge is 2.28. The van der Waals surface area contributed by atoms with E-state index < -0.39 is 20.0 Å². The van der Waals surface area contributed by atoms with Crippen molar-refractivity contribution < 1.29 is 32.9 Å². The summed E-state index contributed by atoms with van der Waals surface area (Å²) >= 11 is 0. The highest BCUT2D eigenvalue weighted by molar-refractivity contribution is 7.47. The first-order valence-corrected chi connectivity index (χ1v) is 17.4. The van der Waals surface area contributed by atoms with Crippen LogP contribution in [-0.2, 0) is 18.4 Å². The van der Waals surface area contributed by atoms with Gasteiger partial charge in [-0.2, -0.15) is 0 Å². The topological polar surface area (TPSA) is 105 Å². The first kappa shape index (κ1) is 38.5. The quantitative estimate of drug-likeness (QED) is 0.0518. The van der Waals surface area contributed by atoms with E-state index in [0.717, 1.165) is 38.5 Å². The molecule has 0 saturated carbocycles. The van der Waals surface area contributed by atoms with Crippen molar-refractivity contribution >= 4 is 13.7 Å². The van der Waals surface area contributed by atoms with Gasteiger partial charge in [-0.3, -0.25) is 13.8 Å². The number of quaternary nitrogens is 1. The van der Waals surface area contributed by atoms with Crippen LogP contribution < -0.4 is 5.32 Å². The Balaban J connectivity index is 4.31. The van der Waals surface area contributed by atoms with Crippen molar-refractivity contribution in [3.8, 4) is 0 Å². The standard InChI is InChI=1S/C30H63N2O6P/c1-6-8-10-11-12-13-14-15-16-17-18-19-20-22-23-29(33)28(31-30(34)24-21-9-7-2)27-38-39(35,36)37-26-25-32(3,4)5/h28-29,33H,6-27H2,1-5H3,(H-,31,34,35,36)/p+1. The Morgan fingerprint density at radius 2 is 1.23 bits per heavy atom. The molecule has 0 bridgehead atoms. The molecule has 0 rings (SSSR count). The number of aliphatic hydroxyl groups is 1. The van der Waals surface area contributed by atoms with Gasteiger partial charge in [0.1, 0.15) is 13.2 Å². The Kier molecular flexibility index (Phi) is 23.8. The Bertz CT molecular complexity index is 629. The molecule has 0 aliphatic heterocycles. The molecule has 3 atom stereocenters. The van der Waals surface area contributed by atoms with Crippen molar-refractivity contribution in [2.75, 3.05) is 40.9 Å². The SMILES string of the molecule is CCCCCCCCCCCCCCCCC(O)C(COP(=O)(O)OCC[N+](C)(C)C)NC(=O)CCCCC. The summed E-state index contributed by atoms with van der Waals surface area (Å²) in [5.41, 5.74) is 0. The van der Waals surface area contributed by atoms with Gasteiger partial charge in [-0.1, -0.05) is 117 Å². The van der Waals surface area contributed by atoms with Gasteiger partial charge in [-0.15, -0.1) is 0 Å². The maximum atomic E-state index is 12.4. The van der Waals surface area contributed by atoms with Gasteiger partial charge < -0.3 is 19.8 Å². The van der Waals surface area contributed by atoms with Gasteiger partial charge in [0.05, 0.1) is 39.9 Å². The number of hydrogen-bond donors (Lipinski definition) is 3. The van der Waals surface area contributed by atoms with Crippen LogP contribution in [0, 0.1) is 0 Å². The fourth-order valence-electron chi connectivity index (χ4n) is 4.45. The molecule has 8 nitrogen and oxygen atoms in total. The van der Waals surface area contributed by atoms with Crippen LogP contribution in [0.25, 0.3) is 0 Å². The number of phosphoric ester groups is 1. The first-order valence-electron chi connectivity index (χ1n) is 15.9. The Morgan fingerprint density at radius 1 is 0.769 bits per heavy atom. The molecular formula is C30H64N2O6P+. The lowest BCUT2D eigenvalue weighted by atomic mass is 10.0. The molecule has 0 aromatic carbocycles. The number of rotatable bonds is 28. The molecule has 3 unspecified atom stereocenters. The zero-order chi connectivity index (χ0) is 29.4. The summed E-state index contributed by atoms with van der Waals surface area (Å²) in [7, 11) is 1.61. The second-order valence-corrected chi connectivity index (χ2v) is 13.6. The van der Waals surface area contributed by atoms with E-state index in [0.29, 0.717) is 23.9 Å². The third-order valence-corrected chi connectivity index (χ3v) is 8.09. The maximum absolute atomic E-state index is 12.4. The van der Waals surface area contributed by atoms with Crippen molar-refractivity contribution in [1.29, 1.82) is 0 Å². The van der Waals surface area contributed by atoms with Crippen LogP contribution in [0.5, 0.6) is 0 Å². The van der Waals surface area contributed by atoms with Crippen molar-refractivity contribution in [1.82, 2.24) is 5.32 Å². The molecule has 3 N–H and O–H groups in total. The smallest absolute Gasteiger partial charge is 0.391 e. The molecule has 234 valence electrons. The lowest BCUT2D eigenvalue weighted by molar-refractivity contribution is -0.870. The summed E-state index contributed by atoms with van der Waals surface area (Å²) in [5, 5.41) is 13.6. The summed E-state index contributed by atoms with van der Waals surface area (Å²) < 4.78 is 23.2. The molecule has 9 heteroatoms. The van der Waals surface area contributed by atoms with Crippen LogP contribution in [-0.4, -0.2) is 73.4 Å². The van der Waals surface area contributed by atoms with E-state index in [-0.39, 0.29) is 19.1 Å². The Morgan fingerprint density at radius 3 is 1.72 bits per heavy atom.